The summed E-state index contributed by atoms with van der Waals surface area (Å²) in [4.78, 5) is 15.3. The van der Waals surface area contributed by atoms with Crippen LogP contribution < -0.4 is 10.1 Å². The number of nitrogens with zero attached hydrogens (tertiary/aromatic N) is 1. The highest BCUT2D eigenvalue weighted by molar-refractivity contribution is 5.93. The van der Waals surface area contributed by atoms with Gasteiger partial charge >= 0.3 is 0 Å². The first-order valence-electron chi connectivity index (χ1n) is 10.9. The lowest BCUT2D eigenvalue weighted by Gasteiger charge is -2.33. The smallest absolute Gasteiger partial charge is 0.227 e. The van der Waals surface area contributed by atoms with Gasteiger partial charge in [0.05, 0.1) is 7.11 Å². The van der Waals surface area contributed by atoms with Gasteiger partial charge in [-0.25, -0.2) is 0 Å². The fraction of sp³-hybridized carbons (Fsp3) is 0.480. The Morgan fingerprint density at radius 2 is 1.72 bits per heavy atom. The van der Waals surface area contributed by atoms with E-state index in [0.717, 1.165) is 54.4 Å². The average Bonchev–Trinajstić information content (AvgIpc) is 2.78. The Hall–Kier alpha value is -2.33. The first kappa shape index (κ1) is 21.4. The number of amides is 1. The Balaban J connectivity index is 1.57. The summed E-state index contributed by atoms with van der Waals surface area (Å²) in [6.07, 6.45) is 4.37. The molecule has 0 aliphatic carbocycles. The highest BCUT2D eigenvalue weighted by Gasteiger charge is 2.25. The molecule has 1 aliphatic rings. The van der Waals surface area contributed by atoms with Crippen LogP contribution in [0.2, 0.25) is 0 Å². The molecule has 4 nitrogen and oxygen atoms in total. The molecular formula is C25H34N2O2. The first-order valence-corrected chi connectivity index (χ1v) is 10.9. The predicted octanol–water partition coefficient (Wildman–Crippen LogP) is 5.45. The number of ether oxygens (including phenoxy) is 1. The summed E-state index contributed by atoms with van der Waals surface area (Å²) in [6.45, 7) is 7.77. The number of methoxy groups -OCH3 is 1. The summed E-state index contributed by atoms with van der Waals surface area (Å²) in [5.74, 6) is 1.86. The van der Waals surface area contributed by atoms with Crippen molar-refractivity contribution in [2.75, 3.05) is 32.1 Å². The van der Waals surface area contributed by atoms with Crippen molar-refractivity contribution in [2.45, 2.75) is 39.5 Å². The highest BCUT2D eigenvalue weighted by atomic mass is 16.5. The lowest BCUT2D eigenvalue weighted by molar-refractivity contribution is -0.121. The number of nitrogens with one attached hydrogen (secondary N) is 1. The molecule has 156 valence electrons. The van der Waals surface area contributed by atoms with E-state index in [9.17, 15) is 4.79 Å². The Bertz CT molecular complexity index is 793. The van der Waals surface area contributed by atoms with Crippen LogP contribution in [-0.2, 0) is 4.79 Å². The molecule has 0 bridgehead atoms. The Labute approximate surface area is 175 Å². The summed E-state index contributed by atoms with van der Waals surface area (Å²) in [5, 5.41) is 3.14. The zero-order valence-corrected chi connectivity index (χ0v) is 18.0. The van der Waals surface area contributed by atoms with Gasteiger partial charge in [-0.3, -0.25) is 4.79 Å². The zero-order valence-electron chi connectivity index (χ0n) is 18.0. The van der Waals surface area contributed by atoms with Crippen LogP contribution in [0.15, 0.2) is 48.5 Å². The second-order valence-corrected chi connectivity index (χ2v) is 8.06. The number of carbonyl (C=O) groups excluding carboxylic acids is 1. The summed E-state index contributed by atoms with van der Waals surface area (Å²) in [7, 11) is 1.67. The van der Waals surface area contributed by atoms with Gasteiger partial charge in [0.2, 0.25) is 5.91 Å². The largest absolute Gasteiger partial charge is 0.497 e. The van der Waals surface area contributed by atoms with Crippen molar-refractivity contribution >= 4 is 11.6 Å². The van der Waals surface area contributed by atoms with Crippen LogP contribution in [0.25, 0.3) is 11.1 Å². The summed E-state index contributed by atoms with van der Waals surface area (Å²) in [6, 6.07) is 16.0. The van der Waals surface area contributed by atoms with E-state index in [2.05, 4.69) is 36.2 Å². The standard InChI is InChI=1S/C25H34N2O2/c1-4-19(5-2)18-27-14-12-20(13-15-27)25(28)26-23-10-6-8-21(16-23)22-9-7-11-24(17-22)29-3/h6-11,16-17,19-20H,4-5,12-15,18H2,1-3H3,(H,26,28). The molecule has 1 fully saturated rings. The van der Waals surface area contributed by atoms with Gasteiger partial charge in [-0.05, 0) is 67.2 Å². The van der Waals surface area contributed by atoms with E-state index < -0.39 is 0 Å². The number of likely N-dealkylation sites (tertiary alicyclic amines) is 1. The second kappa shape index (κ2) is 10.4. The molecule has 3 rings (SSSR count). The van der Waals surface area contributed by atoms with Gasteiger partial charge in [-0.2, -0.15) is 0 Å². The fourth-order valence-electron chi connectivity index (χ4n) is 4.11. The van der Waals surface area contributed by atoms with Crippen molar-refractivity contribution < 1.29 is 9.53 Å². The van der Waals surface area contributed by atoms with E-state index in [1.807, 2.05) is 36.4 Å². The molecule has 1 N–H and O–H groups in total. The fourth-order valence-corrected chi connectivity index (χ4v) is 4.11. The van der Waals surface area contributed by atoms with Crippen molar-refractivity contribution in [3.05, 3.63) is 48.5 Å². The lowest BCUT2D eigenvalue weighted by atomic mass is 9.94. The van der Waals surface area contributed by atoms with Crippen LogP contribution in [0, 0.1) is 11.8 Å². The van der Waals surface area contributed by atoms with Crippen molar-refractivity contribution in [1.82, 2.24) is 4.90 Å². The maximum Gasteiger partial charge on any atom is 0.227 e. The third kappa shape index (κ3) is 5.83. The van der Waals surface area contributed by atoms with Gasteiger partial charge in [0, 0.05) is 18.2 Å². The first-order chi connectivity index (χ1) is 14.1. The molecule has 0 atom stereocenters. The maximum absolute atomic E-state index is 12.8. The lowest BCUT2D eigenvalue weighted by Crippen LogP contribution is -2.40. The molecule has 1 aliphatic heterocycles. The Morgan fingerprint density at radius 1 is 1.07 bits per heavy atom. The van der Waals surface area contributed by atoms with Crippen LogP contribution >= 0.6 is 0 Å². The molecule has 0 radical (unpaired) electrons. The highest BCUT2D eigenvalue weighted by Crippen LogP contribution is 2.27. The van der Waals surface area contributed by atoms with E-state index in [-0.39, 0.29) is 11.8 Å². The van der Waals surface area contributed by atoms with Gasteiger partial charge in [-0.1, -0.05) is 51.0 Å². The van der Waals surface area contributed by atoms with E-state index >= 15 is 0 Å². The second-order valence-electron chi connectivity index (χ2n) is 8.06. The van der Waals surface area contributed by atoms with Crippen LogP contribution in [0.1, 0.15) is 39.5 Å². The van der Waals surface area contributed by atoms with Crippen molar-refractivity contribution in [3.63, 3.8) is 0 Å². The molecule has 0 saturated carbocycles. The summed E-state index contributed by atoms with van der Waals surface area (Å²) >= 11 is 0. The van der Waals surface area contributed by atoms with Crippen LogP contribution in [0.3, 0.4) is 0 Å². The molecule has 1 amide bonds. The molecule has 1 saturated heterocycles. The maximum atomic E-state index is 12.8. The number of rotatable bonds is 8. The van der Waals surface area contributed by atoms with Gasteiger partial charge in [0.1, 0.15) is 5.75 Å². The Morgan fingerprint density at radius 3 is 2.38 bits per heavy atom. The van der Waals surface area contributed by atoms with Crippen LogP contribution in [-0.4, -0.2) is 37.6 Å². The van der Waals surface area contributed by atoms with Crippen LogP contribution in [0.4, 0.5) is 5.69 Å². The number of carbonyl (C=O) groups is 1. The minimum absolute atomic E-state index is 0.105. The molecular weight excluding hydrogens is 360 g/mol. The third-order valence-corrected chi connectivity index (χ3v) is 6.16. The molecule has 2 aromatic carbocycles. The van der Waals surface area contributed by atoms with Gasteiger partial charge in [-0.15, -0.1) is 0 Å². The van der Waals surface area contributed by atoms with Gasteiger partial charge in [0.15, 0.2) is 0 Å². The minimum atomic E-state index is 0.105. The van der Waals surface area contributed by atoms with E-state index in [4.69, 9.17) is 4.74 Å². The molecule has 29 heavy (non-hydrogen) atoms. The number of hydrogen-bond donors (Lipinski definition) is 1. The number of benzene rings is 2. The quantitative estimate of drug-likeness (QED) is 0.647. The predicted molar refractivity (Wildman–Crippen MR) is 120 cm³/mol. The molecule has 2 aromatic rings. The normalized spacial score (nSPS) is 15.4. The molecule has 0 unspecified atom stereocenters. The number of piperidine rings is 1. The minimum Gasteiger partial charge on any atom is -0.497 e. The number of anilines is 1. The SMILES string of the molecule is CCC(CC)CN1CCC(C(=O)Nc2cccc(-c3cccc(OC)c3)c2)CC1. The van der Waals surface area contributed by atoms with Gasteiger partial charge in [0.25, 0.3) is 0 Å². The average molecular weight is 395 g/mol. The van der Waals surface area contributed by atoms with Crippen molar-refractivity contribution in [2.24, 2.45) is 11.8 Å². The molecule has 0 aromatic heterocycles. The molecule has 1 heterocycles. The third-order valence-electron chi connectivity index (χ3n) is 6.16. The topological polar surface area (TPSA) is 41.6 Å². The van der Waals surface area contributed by atoms with E-state index in [1.165, 1.54) is 19.4 Å². The molecule has 4 heteroatoms. The zero-order chi connectivity index (χ0) is 20.6. The van der Waals surface area contributed by atoms with Crippen LogP contribution in [0.5, 0.6) is 5.75 Å². The van der Waals surface area contributed by atoms with E-state index in [0.29, 0.717) is 0 Å². The van der Waals surface area contributed by atoms with Crippen molar-refractivity contribution in [1.29, 1.82) is 0 Å². The molecule has 0 spiro atoms. The number of hydrogen-bond acceptors (Lipinski definition) is 3. The van der Waals surface area contributed by atoms with E-state index in [1.54, 1.807) is 7.11 Å². The summed E-state index contributed by atoms with van der Waals surface area (Å²) < 4.78 is 5.32. The Kier molecular flexibility index (Phi) is 7.70. The van der Waals surface area contributed by atoms with Crippen molar-refractivity contribution in [3.8, 4) is 16.9 Å². The van der Waals surface area contributed by atoms with Gasteiger partial charge < -0.3 is 15.0 Å². The summed E-state index contributed by atoms with van der Waals surface area (Å²) in [5.41, 5.74) is 3.01. The monoisotopic (exact) mass is 394 g/mol.